The summed E-state index contributed by atoms with van der Waals surface area (Å²) < 4.78 is 18.5. The molecule has 0 saturated carbocycles. The van der Waals surface area contributed by atoms with E-state index >= 15 is 0 Å². The molecular formula is C17H14FN3O2S. The fourth-order valence-corrected chi connectivity index (χ4v) is 2.33. The zero-order valence-corrected chi connectivity index (χ0v) is 13.9. The number of nitrogens with zero attached hydrogens (tertiary/aromatic N) is 2. The van der Waals surface area contributed by atoms with E-state index in [0.29, 0.717) is 16.4 Å². The van der Waals surface area contributed by atoms with Crippen molar-refractivity contribution in [1.29, 1.82) is 5.26 Å². The number of hydrogen-bond acceptors (Lipinski definition) is 5. The molecule has 0 aromatic heterocycles. The van der Waals surface area contributed by atoms with Crippen LogP contribution in [0, 0.1) is 17.3 Å². The molecule has 1 N–H and O–H groups in total. The van der Waals surface area contributed by atoms with Gasteiger partial charge in [-0.25, -0.2) is 14.2 Å². The van der Waals surface area contributed by atoms with Crippen LogP contribution in [-0.4, -0.2) is 24.5 Å². The Balaban J connectivity index is 2.27. The summed E-state index contributed by atoms with van der Waals surface area (Å²) in [4.78, 5) is 15.7. The van der Waals surface area contributed by atoms with Gasteiger partial charge in [-0.2, -0.15) is 5.26 Å². The van der Waals surface area contributed by atoms with Crippen molar-refractivity contribution in [3.8, 4) is 17.3 Å². The monoisotopic (exact) mass is 343 g/mol. The molecule has 122 valence electrons. The fraction of sp³-hybridized carbons (Fsp3) is 0.118. The van der Waals surface area contributed by atoms with Crippen molar-refractivity contribution >= 4 is 28.6 Å². The maximum absolute atomic E-state index is 14.0. The van der Waals surface area contributed by atoms with Gasteiger partial charge >= 0.3 is 5.97 Å². The van der Waals surface area contributed by atoms with E-state index < -0.39 is 11.8 Å². The number of aliphatic imine (C=N–C) groups is 1. The van der Waals surface area contributed by atoms with Crippen molar-refractivity contribution in [2.24, 2.45) is 4.99 Å². The van der Waals surface area contributed by atoms with Crippen LogP contribution in [0.4, 0.5) is 10.1 Å². The number of esters is 1. The van der Waals surface area contributed by atoms with Gasteiger partial charge in [-0.3, -0.25) is 5.32 Å². The van der Waals surface area contributed by atoms with E-state index in [2.05, 4.69) is 15.0 Å². The van der Waals surface area contributed by atoms with Gasteiger partial charge in [0.05, 0.1) is 18.4 Å². The third-order valence-electron chi connectivity index (χ3n) is 3.16. The molecule has 2 aromatic rings. The van der Waals surface area contributed by atoms with Gasteiger partial charge in [0.15, 0.2) is 11.4 Å². The third-order valence-corrected chi connectivity index (χ3v) is 3.74. The molecular weight excluding hydrogens is 329 g/mol. The van der Waals surface area contributed by atoms with Gasteiger partial charge in [-0.1, -0.05) is 30.0 Å². The molecule has 0 aliphatic carbocycles. The van der Waals surface area contributed by atoms with Gasteiger partial charge in [0.2, 0.25) is 0 Å². The second-order valence-corrected chi connectivity index (χ2v) is 5.39. The number of nitrogens with one attached hydrogen (secondary N) is 1. The molecule has 0 spiro atoms. The number of ether oxygens (including phenoxy) is 1. The van der Waals surface area contributed by atoms with Crippen molar-refractivity contribution in [2.75, 3.05) is 13.4 Å². The summed E-state index contributed by atoms with van der Waals surface area (Å²) in [6, 6.07) is 11.4. The van der Waals surface area contributed by atoms with Gasteiger partial charge in [0.25, 0.3) is 0 Å². The van der Waals surface area contributed by atoms with E-state index in [1.807, 2.05) is 12.4 Å². The molecule has 0 aliphatic rings. The number of rotatable bonds is 3. The molecule has 2 rings (SSSR count). The largest absolute Gasteiger partial charge is 0.465 e. The lowest BCUT2D eigenvalue weighted by atomic mass is 10.0. The first-order chi connectivity index (χ1) is 11.6. The van der Waals surface area contributed by atoms with Crippen molar-refractivity contribution in [2.45, 2.75) is 0 Å². The topological polar surface area (TPSA) is 74.5 Å². The van der Waals surface area contributed by atoms with Crippen LogP contribution < -0.4 is 5.32 Å². The van der Waals surface area contributed by atoms with Crippen LogP contribution in [0.2, 0.25) is 0 Å². The van der Waals surface area contributed by atoms with Gasteiger partial charge in [0.1, 0.15) is 5.82 Å². The zero-order chi connectivity index (χ0) is 17.5. The zero-order valence-electron chi connectivity index (χ0n) is 13.0. The Morgan fingerprint density at radius 1 is 1.25 bits per heavy atom. The highest BCUT2D eigenvalue weighted by Gasteiger charge is 2.12. The van der Waals surface area contributed by atoms with E-state index in [4.69, 9.17) is 5.26 Å². The molecule has 5 nitrogen and oxygen atoms in total. The number of hydrogen-bond donors (Lipinski definition) is 1. The second kappa shape index (κ2) is 8.13. The third kappa shape index (κ3) is 4.12. The second-order valence-electron chi connectivity index (χ2n) is 4.59. The molecule has 0 unspecified atom stereocenters. The molecule has 0 amide bonds. The molecule has 0 radical (unpaired) electrons. The molecule has 2 aromatic carbocycles. The Morgan fingerprint density at radius 2 is 1.92 bits per heavy atom. The average Bonchev–Trinajstić information content (AvgIpc) is 2.61. The Hall–Kier alpha value is -2.85. The Kier molecular flexibility index (Phi) is 5.93. The maximum Gasteiger partial charge on any atom is 0.340 e. The summed E-state index contributed by atoms with van der Waals surface area (Å²) in [7, 11) is 1.21. The standard InChI is InChI=1S/C17H14FN3O2S/c1-23-16(22)14-8-5-12(9-15(14)18)11-3-6-13(7-4-11)21-17(24-2)20-10-19/h3-9H,1-2H3,(H,20,21). The van der Waals surface area contributed by atoms with Crippen LogP contribution in [0.15, 0.2) is 47.5 Å². The summed E-state index contributed by atoms with van der Waals surface area (Å²) in [6.07, 6.45) is 3.63. The molecule has 0 bridgehead atoms. The Bertz CT molecular complexity index is 814. The normalized spacial score (nSPS) is 10.8. The van der Waals surface area contributed by atoms with Crippen LogP contribution in [0.25, 0.3) is 11.1 Å². The lowest BCUT2D eigenvalue weighted by Crippen LogP contribution is -2.12. The van der Waals surface area contributed by atoms with Crippen LogP contribution in [0.3, 0.4) is 0 Å². The number of carbonyl (C=O) groups is 1. The number of amidine groups is 1. The summed E-state index contributed by atoms with van der Waals surface area (Å²) in [5.74, 6) is -1.34. The van der Waals surface area contributed by atoms with Crippen LogP contribution in [-0.2, 0) is 4.74 Å². The number of thioether (sulfide) groups is 1. The van der Waals surface area contributed by atoms with Crippen LogP contribution >= 0.6 is 11.8 Å². The molecule has 0 atom stereocenters. The summed E-state index contributed by atoms with van der Waals surface area (Å²) in [5.41, 5.74) is 1.98. The fourth-order valence-electron chi connectivity index (χ4n) is 1.99. The molecule has 24 heavy (non-hydrogen) atoms. The van der Waals surface area contributed by atoms with Gasteiger partial charge in [0, 0.05) is 0 Å². The van der Waals surface area contributed by atoms with Crippen molar-refractivity contribution in [3.05, 3.63) is 53.8 Å². The van der Waals surface area contributed by atoms with Gasteiger partial charge in [-0.15, -0.1) is 0 Å². The number of benzene rings is 2. The van der Waals surface area contributed by atoms with Gasteiger partial charge < -0.3 is 4.74 Å². The lowest BCUT2D eigenvalue weighted by Gasteiger charge is -2.06. The molecule has 0 heterocycles. The highest BCUT2D eigenvalue weighted by molar-refractivity contribution is 8.13. The van der Waals surface area contributed by atoms with E-state index in [-0.39, 0.29) is 5.56 Å². The van der Waals surface area contributed by atoms with E-state index in [1.165, 1.54) is 31.0 Å². The van der Waals surface area contributed by atoms with Crippen LogP contribution in [0.5, 0.6) is 0 Å². The number of halogens is 1. The summed E-state index contributed by atoms with van der Waals surface area (Å²) in [6.45, 7) is 0. The summed E-state index contributed by atoms with van der Waals surface area (Å²) in [5, 5.41) is 11.6. The number of nitriles is 1. The molecule has 7 heteroatoms. The lowest BCUT2D eigenvalue weighted by molar-refractivity contribution is 0.0595. The van der Waals surface area contributed by atoms with E-state index in [9.17, 15) is 9.18 Å². The first kappa shape index (κ1) is 17.5. The van der Waals surface area contributed by atoms with Crippen molar-refractivity contribution < 1.29 is 13.9 Å². The van der Waals surface area contributed by atoms with Crippen LogP contribution in [0.1, 0.15) is 10.4 Å². The number of carbonyl (C=O) groups excluding carboxylic acids is 1. The SMILES string of the molecule is COC(=O)c1ccc(-c2ccc(N=C(NC#N)SC)cc2)cc1F. The van der Waals surface area contributed by atoms with E-state index in [0.717, 1.165) is 5.56 Å². The highest BCUT2D eigenvalue weighted by atomic mass is 32.2. The number of methoxy groups -OCH3 is 1. The molecule has 0 aliphatic heterocycles. The smallest absolute Gasteiger partial charge is 0.340 e. The highest BCUT2D eigenvalue weighted by Crippen LogP contribution is 2.25. The quantitative estimate of drug-likeness (QED) is 0.302. The van der Waals surface area contributed by atoms with Crippen molar-refractivity contribution in [1.82, 2.24) is 5.32 Å². The van der Waals surface area contributed by atoms with Crippen molar-refractivity contribution in [3.63, 3.8) is 0 Å². The predicted molar refractivity (Wildman–Crippen MR) is 92.5 cm³/mol. The summed E-state index contributed by atoms with van der Waals surface area (Å²) >= 11 is 1.32. The Morgan fingerprint density at radius 3 is 2.46 bits per heavy atom. The molecule has 0 saturated heterocycles. The minimum Gasteiger partial charge on any atom is -0.465 e. The molecule has 0 fully saturated rings. The maximum atomic E-state index is 14.0. The average molecular weight is 343 g/mol. The Labute approximate surface area is 143 Å². The minimum atomic E-state index is -0.710. The first-order valence-corrected chi connectivity index (χ1v) is 8.07. The predicted octanol–water partition coefficient (Wildman–Crippen LogP) is 3.70. The van der Waals surface area contributed by atoms with E-state index in [1.54, 1.807) is 30.3 Å². The first-order valence-electron chi connectivity index (χ1n) is 6.85. The van der Waals surface area contributed by atoms with Gasteiger partial charge in [-0.05, 0) is 41.6 Å². The minimum absolute atomic E-state index is 0.102.